The SMILES string of the molecule is CCC12COC(=O)N1CCN(C(=O)c1ccc3ccccc3n1)C2. The van der Waals surface area contributed by atoms with Crippen LogP contribution in [0.2, 0.25) is 0 Å². The maximum atomic E-state index is 12.9. The Labute approximate surface area is 140 Å². The molecule has 0 radical (unpaired) electrons. The minimum atomic E-state index is -0.401. The van der Waals surface area contributed by atoms with E-state index in [0.29, 0.717) is 31.9 Å². The van der Waals surface area contributed by atoms with Crippen LogP contribution >= 0.6 is 0 Å². The lowest BCUT2D eigenvalue weighted by molar-refractivity contribution is 0.0357. The maximum Gasteiger partial charge on any atom is 0.410 e. The zero-order chi connectivity index (χ0) is 16.7. The van der Waals surface area contributed by atoms with E-state index in [2.05, 4.69) is 4.98 Å². The van der Waals surface area contributed by atoms with Gasteiger partial charge in [-0.1, -0.05) is 31.2 Å². The molecular formula is C18H19N3O3. The summed E-state index contributed by atoms with van der Waals surface area (Å²) in [4.78, 5) is 32.8. The molecule has 124 valence electrons. The molecule has 2 saturated heterocycles. The van der Waals surface area contributed by atoms with E-state index in [1.54, 1.807) is 15.9 Å². The van der Waals surface area contributed by atoms with Crippen LogP contribution in [-0.2, 0) is 4.74 Å². The van der Waals surface area contributed by atoms with Crippen LogP contribution in [0.4, 0.5) is 4.79 Å². The number of amides is 2. The van der Waals surface area contributed by atoms with E-state index in [4.69, 9.17) is 4.74 Å². The van der Waals surface area contributed by atoms with Gasteiger partial charge in [0.2, 0.25) is 0 Å². The summed E-state index contributed by atoms with van der Waals surface area (Å²) in [6.07, 6.45) is 0.487. The van der Waals surface area contributed by atoms with Crippen LogP contribution in [-0.4, -0.2) is 58.6 Å². The molecular weight excluding hydrogens is 306 g/mol. The third kappa shape index (κ3) is 2.21. The monoisotopic (exact) mass is 325 g/mol. The first-order valence-corrected chi connectivity index (χ1v) is 8.22. The van der Waals surface area contributed by atoms with Crippen LogP contribution in [0.3, 0.4) is 0 Å². The highest BCUT2D eigenvalue weighted by molar-refractivity contribution is 5.95. The van der Waals surface area contributed by atoms with Gasteiger partial charge in [-0.2, -0.15) is 0 Å². The van der Waals surface area contributed by atoms with Gasteiger partial charge in [-0.15, -0.1) is 0 Å². The number of fused-ring (bicyclic) bond motifs is 2. The van der Waals surface area contributed by atoms with Crippen molar-refractivity contribution in [3.8, 4) is 0 Å². The molecule has 0 spiro atoms. The van der Waals surface area contributed by atoms with Gasteiger partial charge in [0.1, 0.15) is 12.3 Å². The van der Waals surface area contributed by atoms with E-state index < -0.39 is 5.54 Å². The number of carbonyl (C=O) groups is 2. The highest BCUT2D eigenvalue weighted by Gasteiger charge is 2.50. The summed E-state index contributed by atoms with van der Waals surface area (Å²) in [5, 5.41) is 1.01. The molecule has 0 N–H and O–H groups in total. The van der Waals surface area contributed by atoms with Crippen LogP contribution in [0.25, 0.3) is 10.9 Å². The first-order valence-electron chi connectivity index (χ1n) is 8.22. The molecule has 1 atom stereocenters. The van der Waals surface area contributed by atoms with Crippen LogP contribution < -0.4 is 0 Å². The molecule has 6 heteroatoms. The van der Waals surface area contributed by atoms with Gasteiger partial charge in [-0.3, -0.25) is 9.69 Å². The lowest BCUT2D eigenvalue weighted by Gasteiger charge is -2.44. The van der Waals surface area contributed by atoms with Gasteiger partial charge in [0, 0.05) is 25.0 Å². The third-order valence-corrected chi connectivity index (χ3v) is 5.10. The van der Waals surface area contributed by atoms with E-state index in [9.17, 15) is 9.59 Å². The molecule has 3 heterocycles. The van der Waals surface area contributed by atoms with E-state index in [-0.39, 0.29) is 12.0 Å². The highest BCUT2D eigenvalue weighted by Crippen LogP contribution is 2.32. The van der Waals surface area contributed by atoms with Crippen molar-refractivity contribution in [2.45, 2.75) is 18.9 Å². The molecule has 0 aliphatic carbocycles. The molecule has 2 aliphatic heterocycles. The summed E-state index contributed by atoms with van der Waals surface area (Å²) < 4.78 is 5.22. The van der Waals surface area contributed by atoms with Crippen molar-refractivity contribution in [3.05, 3.63) is 42.1 Å². The molecule has 2 amide bonds. The van der Waals surface area contributed by atoms with Gasteiger partial charge in [0.05, 0.1) is 11.1 Å². The first kappa shape index (κ1) is 14.9. The molecule has 24 heavy (non-hydrogen) atoms. The molecule has 1 unspecified atom stereocenters. The summed E-state index contributed by atoms with van der Waals surface area (Å²) in [5.41, 5.74) is 0.854. The van der Waals surface area contributed by atoms with Crippen molar-refractivity contribution in [1.29, 1.82) is 0 Å². The summed E-state index contributed by atoms with van der Waals surface area (Å²) in [6.45, 7) is 3.87. The van der Waals surface area contributed by atoms with Crippen molar-refractivity contribution >= 4 is 22.9 Å². The second-order valence-corrected chi connectivity index (χ2v) is 6.40. The maximum absolute atomic E-state index is 12.9. The van der Waals surface area contributed by atoms with Crippen LogP contribution in [0.5, 0.6) is 0 Å². The lowest BCUT2D eigenvalue weighted by Crippen LogP contribution is -2.62. The van der Waals surface area contributed by atoms with Gasteiger partial charge in [-0.25, -0.2) is 9.78 Å². The smallest absolute Gasteiger partial charge is 0.410 e. The average molecular weight is 325 g/mol. The number of rotatable bonds is 2. The summed E-state index contributed by atoms with van der Waals surface area (Å²) in [6, 6.07) is 11.4. The largest absolute Gasteiger partial charge is 0.447 e. The van der Waals surface area contributed by atoms with Crippen LogP contribution in [0.1, 0.15) is 23.8 Å². The van der Waals surface area contributed by atoms with Crippen molar-refractivity contribution in [2.24, 2.45) is 0 Å². The standard InChI is InChI=1S/C18H19N3O3/c1-2-18-11-20(9-10-21(18)17(23)24-12-18)16(22)15-8-7-13-5-3-4-6-14(13)19-15/h3-8H,2,9-12H2,1H3. The number of cyclic esters (lactones) is 1. The van der Waals surface area contributed by atoms with E-state index in [1.165, 1.54) is 0 Å². The number of nitrogens with zero attached hydrogens (tertiary/aromatic N) is 3. The number of ether oxygens (including phenoxy) is 1. The zero-order valence-electron chi connectivity index (χ0n) is 13.6. The fourth-order valence-electron chi connectivity index (χ4n) is 3.59. The quantitative estimate of drug-likeness (QED) is 0.850. The molecule has 1 aromatic carbocycles. The number of para-hydroxylation sites is 1. The molecule has 2 fully saturated rings. The molecule has 6 nitrogen and oxygen atoms in total. The van der Waals surface area contributed by atoms with Crippen molar-refractivity contribution in [1.82, 2.24) is 14.8 Å². The Morgan fingerprint density at radius 1 is 1.25 bits per heavy atom. The topological polar surface area (TPSA) is 62.7 Å². The number of aromatic nitrogens is 1. The van der Waals surface area contributed by atoms with Gasteiger partial charge in [0.15, 0.2) is 0 Å². The summed E-state index contributed by atoms with van der Waals surface area (Å²) in [5.74, 6) is -0.0902. The second-order valence-electron chi connectivity index (χ2n) is 6.40. The average Bonchev–Trinajstić information content (AvgIpc) is 2.97. The Balaban J connectivity index is 1.61. The van der Waals surface area contributed by atoms with Crippen LogP contribution in [0, 0.1) is 0 Å². The van der Waals surface area contributed by atoms with Gasteiger partial charge in [-0.05, 0) is 18.6 Å². The fourth-order valence-corrected chi connectivity index (χ4v) is 3.59. The van der Waals surface area contributed by atoms with E-state index in [1.807, 2.05) is 37.3 Å². The number of pyridine rings is 1. The van der Waals surface area contributed by atoms with Crippen molar-refractivity contribution in [2.75, 3.05) is 26.2 Å². The predicted octanol–water partition coefficient (Wildman–Crippen LogP) is 2.29. The Morgan fingerprint density at radius 2 is 2.08 bits per heavy atom. The fraction of sp³-hybridized carbons (Fsp3) is 0.389. The molecule has 0 saturated carbocycles. The number of benzene rings is 1. The minimum Gasteiger partial charge on any atom is -0.447 e. The van der Waals surface area contributed by atoms with Gasteiger partial charge in [0.25, 0.3) is 5.91 Å². The van der Waals surface area contributed by atoms with Gasteiger partial charge < -0.3 is 9.64 Å². The Hall–Kier alpha value is -2.63. The first-order chi connectivity index (χ1) is 11.6. The number of piperazine rings is 1. The Bertz CT molecular complexity index is 822. The van der Waals surface area contributed by atoms with E-state index >= 15 is 0 Å². The molecule has 2 aromatic rings. The number of carbonyl (C=O) groups excluding carboxylic acids is 2. The summed E-state index contributed by atoms with van der Waals surface area (Å²) in [7, 11) is 0. The van der Waals surface area contributed by atoms with Gasteiger partial charge >= 0.3 is 6.09 Å². The third-order valence-electron chi connectivity index (χ3n) is 5.10. The summed E-state index contributed by atoms with van der Waals surface area (Å²) >= 11 is 0. The zero-order valence-corrected chi connectivity index (χ0v) is 13.6. The van der Waals surface area contributed by atoms with Crippen LogP contribution in [0.15, 0.2) is 36.4 Å². The predicted molar refractivity (Wildman–Crippen MR) is 88.7 cm³/mol. The van der Waals surface area contributed by atoms with Crippen molar-refractivity contribution in [3.63, 3.8) is 0 Å². The highest BCUT2D eigenvalue weighted by atomic mass is 16.6. The van der Waals surface area contributed by atoms with E-state index in [0.717, 1.165) is 17.3 Å². The molecule has 4 rings (SSSR count). The Morgan fingerprint density at radius 3 is 2.92 bits per heavy atom. The number of hydrogen-bond donors (Lipinski definition) is 0. The normalized spacial score (nSPS) is 23.3. The number of hydrogen-bond acceptors (Lipinski definition) is 4. The molecule has 2 aliphatic rings. The lowest BCUT2D eigenvalue weighted by atomic mass is 9.92. The minimum absolute atomic E-state index is 0.0902. The molecule has 0 bridgehead atoms. The molecule has 1 aromatic heterocycles. The van der Waals surface area contributed by atoms with Crippen molar-refractivity contribution < 1.29 is 14.3 Å². The Kier molecular flexibility index (Phi) is 3.40. The second kappa shape index (κ2) is 5.47.